The molecule has 0 radical (unpaired) electrons. The topological polar surface area (TPSA) is 75.9 Å². The number of aryl methyl sites for hydroxylation is 2. The number of esters is 1. The predicted octanol–water partition coefficient (Wildman–Crippen LogP) is 2.84. The summed E-state index contributed by atoms with van der Waals surface area (Å²) in [5.74, 6) is -0.349. The van der Waals surface area contributed by atoms with Crippen LogP contribution in [0.25, 0.3) is 5.65 Å². The molecule has 0 saturated carbocycles. The molecule has 3 aromatic rings. The average Bonchev–Trinajstić information content (AvgIpc) is 2.95. The van der Waals surface area contributed by atoms with Crippen molar-refractivity contribution in [3.05, 3.63) is 64.6 Å². The molecule has 2 N–H and O–H groups in total. The smallest absolute Gasteiger partial charge is 0.338 e. The van der Waals surface area contributed by atoms with Gasteiger partial charge in [0.2, 0.25) is 0 Å². The minimum absolute atomic E-state index is 0.0687. The van der Waals surface area contributed by atoms with Crippen LogP contribution in [0.1, 0.15) is 32.9 Å². The monoisotopic (exact) mass is 339 g/mol. The van der Waals surface area contributed by atoms with Gasteiger partial charge in [0, 0.05) is 12.7 Å². The lowest BCUT2D eigenvalue weighted by Gasteiger charge is -2.13. The minimum atomic E-state index is -0.349. The lowest BCUT2D eigenvalue weighted by molar-refractivity contribution is 0.0599. The van der Waals surface area contributed by atoms with E-state index in [9.17, 15) is 9.90 Å². The van der Waals surface area contributed by atoms with Crippen LogP contribution in [0.2, 0.25) is 0 Å². The molecule has 0 spiro atoms. The zero-order valence-electron chi connectivity index (χ0n) is 14.5. The molecule has 25 heavy (non-hydrogen) atoms. The molecule has 0 amide bonds. The molecule has 6 nitrogen and oxygen atoms in total. The number of aliphatic hydroxyl groups excluding tert-OH is 1. The number of imidazole rings is 1. The van der Waals surface area contributed by atoms with Crippen LogP contribution in [0.4, 0.5) is 5.69 Å². The molecule has 0 aliphatic rings. The number of methoxy groups -OCH3 is 1. The summed E-state index contributed by atoms with van der Waals surface area (Å²) in [6.07, 6.45) is 1.87. The Bertz CT molecular complexity index is 931. The molecule has 6 heteroatoms. The van der Waals surface area contributed by atoms with Gasteiger partial charge in [0.05, 0.1) is 36.4 Å². The Morgan fingerprint density at radius 3 is 2.80 bits per heavy atom. The molecule has 0 unspecified atom stereocenters. The maximum atomic E-state index is 12.0. The number of rotatable bonds is 5. The number of aromatic nitrogens is 2. The number of aliphatic hydroxyl groups is 1. The van der Waals surface area contributed by atoms with Gasteiger partial charge in [-0.05, 0) is 43.2 Å². The van der Waals surface area contributed by atoms with Crippen LogP contribution in [-0.4, -0.2) is 27.6 Å². The summed E-state index contributed by atoms with van der Waals surface area (Å²) in [6, 6.07) is 9.40. The first kappa shape index (κ1) is 17.0. The van der Waals surface area contributed by atoms with Crippen molar-refractivity contribution in [2.24, 2.45) is 0 Å². The van der Waals surface area contributed by atoms with Crippen molar-refractivity contribution in [1.29, 1.82) is 0 Å². The SMILES string of the molecule is COC(=O)c1cccc(C)c1CNc1cccn2c(CO)c(C)nc12. The summed E-state index contributed by atoms with van der Waals surface area (Å²) in [5, 5.41) is 12.9. The van der Waals surface area contributed by atoms with Gasteiger partial charge >= 0.3 is 5.97 Å². The minimum Gasteiger partial charge on any atom is -0.465 e. The van der Waals surface area contributed by atoms with E-state index in [0.717, 1.165) is 33.8 Å². The largest absolute Gasteiger partial charge is 0.465 e. The van der Waals surface area contributed by atoms with E-state index in [0.29, 0.717) is 12.1 Å². The summed E-state index contributed by atoms with van der Waals surface area (Å²) in [4.78, 5) is 16.5. The van der Waals surface area contributed by atoms with Gasteiger partial charge in [-0.2, -0.15) is 0 Å². The fourth-order valence-corrected chi connectivity index (χ4v) is 2.98. The van der Waals surface area contributed by atoms with E-state index in [1.807, 2.05) is 48.7 Å². The van der Waals surface area contributed by atoms with E-state index in [1.165, 1.54) is 7.11 Å². The summed E-state index contributed by atoms with van der Waals surface area (Å²) in [5.41, 5.74) is 5.60. The van der Waals surface area contributed by atoms with Crippen LogP contribution in [0.3, 0.4) is 0 Å². The third-order valence-electron chi connectivity index (χ3n) is 4.37. The van der Waals surface area contributed by atoms with Gasteiger partial charge < -0.3 is 15.2 Å². The number of anilines is 1. The molecule has 0 atom stereocenters. The number of hydrogen-bond acceptors (Lipinski definition) is 5. The van der Waals surface area contributed by atoms with Crippen LogP contribution in [0, 0.1) is 13.8 Å². The van der Waals surface area contributed by atoms with E-state index in [-0.39, 0.29) is 12.6 Å². The number of fused-ring (bicyclic) bond motifs is 1. The molecule has 2 heterocycles. The van der Waals surface area contributed by atoms with Gasteiger partial charge in [0.1, 0.15) is 0 Å². The summed E-state index contributed by atoms with van der Waals surface area (Å²) < 4.78 is 6.75. The van der Waals surface area contributed by atoms with Crippen molar-refractivity contribution >= 4 is 17.3 Å². The van der Waals surface area contributed by atoms with Crippen molar-refractivity contribution in [1.82, 2.24) is 9.38 Å². The highest BCUT2D eigenvalue weighted by molar-refractivity contribution is 5.91. The summed E-state index contributed by atoms with van der Waals surface area (Å²) in [7, 11) is 1.38. The summed E-state index contributed by atoms with van der Waals surface area (Å²) in [6.45, 7) is 4.24. The van der Waals surface area contributed by atoms with Gasteiger partial charge in [-0.15, -0.1) is 0 Å². The fourth-order valence-electron chi connectivity index (χ4n) is 2.98. The molecule has 130 valence electrons. The second-order valence-corrected chi connectivity index (χ2v) is 5.86. The van der Waals surface area contributed by atoms with Crippen molar-refractivity contribution in [3.8, 4) is 0 Å². The zero-order valence-corrected chi connectivity index (χ0v) is 14.5. The third-order valence-corrected chi connectivity index (χ3v) is 4.37. The molecule has 0 fully saturated rings. The van der Waals surface area contributed by atoms with Crippen molar-refractivity contribution in [2.75, 3.05) is 12.4 Å². The predicted molar refractivity (Wildman–Crippen MR) is 95.7 cm³/mol. The highest BCUT2D eigenvalue weighted by atomic mass is 16.5. The third kappa shape index (κ3) is 3.08. The molecule has 0 aliphatic heterocycles. The van der Waals surface area contributed by atoms with Crippen LogP contribution in [0.5, 0.6) is 0 Å². The van der Waals surface area contributed by atoms with Gasteiger partial charge in [0.25, 0.3) is 0 Å². The lowest BCUT2D eigenvalue weighted by atomic mass is 10.0. The number of carbonyl (C=O) groups is 1. The molecular weight excluding hydrogens is 318 g/mol. The maximum absolute atomic E-state index is 12.0. The van der Waals surface area contributed by atoms with Crippen LogP contribution in [0.15, 0.2) is 36.5 Å². The van der Waals surface area contributed by atoms with Crippen molar-refractivity contribution in [2.45, 2.75) is 27.0 Å². The standard InChI is InChI=1S/C19H21N3O3/c1-12-6-4-7-14(19(24)25-3)15(12)10-20-16-8-5-9-22-17(11-23)13(2)21-18(16)22/h4-9,20,23H,10-11H2,1-3H3. The zero-order chi connectivity index (χ0) is 18.0. The lowest BCUT2D eigenvalue weighted by Crippen LogP contribution is -2.11. The number of pyridine rings is 1. The second-order valence-electron chi connectivity index (χ2n) is 5.86. The highest BCUT2D eigenvalue weighted by Crippen LogP contribution is 2.22. The molecule has 0 saturated heterocycles. The van der Waals surface area contributed by atoms with Crippen molar-refractivity contribution in [3.63, 3.8) is 0 Å². The fraction of sp³-hybridized carbons (Fsp3) is 0.263. The Morgan fingerprint density at radius 1 is 1.28 bits per heavy atom. The number of nitrogens with zero attached hydrogens (tertiary/aromatic N) is 2. The quantitative estimate of drug-likeness (QED) is 0.699. The Kier molecular flexibility index (Phi) is 4.72. The Balaban J connectivity index is 1.96. The molecular formula is C19H21N3O3. The number of hydrogen-bond donors (Lipinski definition) is 2. The maximum Gasteiger partial charge on any atom is 0.338 e. The highest BCUT2D eigenvalue weighted by Gasteiger charge is 2.15. The van der Waals surface area contributed by atoms with Crippen LogP contribution >= 0.6 is 0 Å². The normalized spacial score (nSPS) is 10.9. The average molecular weight is 339 g/mol. The van der Waals surface area contributed by atoms with E-state index in [2.05, 4.69) is 10.3 Å². The van der Waals surface area contributed by atoms with E-state index in [1.54, 1.807) is 6.07 Å². The molecule has 3 rings (SSSR count). The number of carbonyl (C=O) groups excluding carboxylic acids is 1. The van der Waals surface area contributed by atoms with Gasteiger partial charge in [-0.25, -0.2) is 9.78 Å². The van der Waals surface area contributed by atoms with Crippen LogP contribution < -0.4 is 5.32 Å². The van der Waals surface area contributed by atoms with Crippen LogP contribution in [-0.2, 0) is 17.9 Å². The van der Waals surface area contributed by atoms with Gasteiger partial charge in [-0.1, -0.05) is 12.1 Å². The number of ether oxygens (including phenoxy) is 1. The summed E-state index contributed by atoms with van der Waals surface area (Å²) >= 11 is 0. The molecule has 0 bridgehead atoms. The Morgan fingerprint density at radius 2 is 2.08 bits per heavy atom. The Labute approximate surface area is 146 Å². The number of nitrogens with one attached hydrogen (secondary N) is 1. The Hall–Kier alpha value is -2.86. The molecule has 1 aromatic carbocycles. The van der Waals surface area contributed by atoms with E-state index in [4.69, 9.17) is 4.74 Å². The number of benzene rings is 1. The van der Waals surface area contributed by atoms with E-state index < -0.39 is 0 Å². The molecule has 2 aromatic heterocycles. The first-order chi connectivity index (χ1) is 12.1. The second kappa shape index (κ2) is 6.94. The van der Waals surface area contributed by atoms with Gasteiger partial charge in [-0.3, -0.25) is 4.40 Å². The van der Waals surface area contributed by atoms with Crippen molar-refractivity contribution < 1.29 is 14.6 Å². The first-order valence-corrected chi connectivity index (χ1v) is 8.05. The van der Waals surface area contributed by atoms with Gasteiger partial charge in [0.15, 0.2) is 5.65 Å². The first-order valence-electron chi connectivity index (χ1n) is 8.05. The molecule has 0 aliphatic carbocycles. The van der Waals surface area contributed by atoms with E-state index >= 15 is 0 Å².